The highest BCUT2D eigenvalue weighted by atomic mass is 35.5. The molecule has 0 aliphatic heterocycles. The van der Waals surface area contributed by atoms with Gasteiger partial charge < -0.3 is 9.47 Å². The molecule has 1 atom stereocenters. The number of hydrogen-bond donors (Lipinski definition) is 1. The smallest absolute Gasteiger partial charge is 0.258 e. The lowest BCUT2D eigenvalue weighted by atomic mass is 9.82. The van der Waals surface area contributed by atoms with E-state index in [0.29, 0.717) is 46.2 Å². The number of amides is 1. The number of rotatable bonds is 5. The Morgan fingerprint density at radius 3 is 2.39 bits per heavy atom. The van der Waals surface area contributed by atoms with E-state index in [1.165, 1.54) is 20.4 Å². The number of halogens is 1. The molecule has 8 heteroatoms. The quantitative estimate of drug-likeness (QED) is 0.639. The van der Waals surface area contributed by atoms with E-state index < -0.39 is 5.91 Å². The molecule has 0 radical (unpaired) electrons. The summed E-state index contributed by atoms with van der Waals surface area (Å²) in [6, 6.07) is 12.3. The van der Waals surface area contributed by atoms with Crippen molar-refractivity contribution in [2.75, 3.05) is 19.5 Å². The molecular formula is C23H20ClN3O4. The largest absolute Gasteiger partial charge is 0.497 e. The van der Waals surface area contributed by atoms with Crippen molar-refractivity contribution < 1.29 is 19.1 Å². The molecule has 1 unspecified atom stereocenters. The Labute approximate surface area is 184 Å². The predicted octanol–water partition coefficient (Wildman–Crippen LogP) is 4.31. The normalized spacial score (nSPS) is 15.2. The predicted molar refractivity (Wildman–Crippen MR) is 116 cm³/mol. The summed E-state index contributed by atoms with van der Waals surface area (Å²) < 4.78 is 10.4. The van der Waals surface area contributed by atoms with E-state index in [2.05, 4.69) is 15.3 Å². The second-order valence-electron chi connectivity index (χ2n) is 7.19. The third kappa shape index (κ3) is 4.51. The highest BCUT2D eigenvalue weighted by molar-refractivity contribution is 6.30. The summed E-state index contributed by atoms with van der Waals surface area (Å²) >= 11 is 5.97. The molecule has 158 valence electrons. The Hall–Kier alpha value is -3.45. The minimum absolute atomic E-state index is 0.00151. The number of fused-ring (bicyclic) bond motifs is 1. The lowest BCUT2D eigenvalue weighted by molar-refractivity contribution is 0.0962. The molecule has 31 heavy (non-hydrogen) atoms. The number of methoxy groups -OCH3 is 2. The molecule has 1 amide bonds. The number of benzene rings is 2. The standard InChI is InChI=1S/C23H20ClN3O4/c1-30-17-7-15(8-18(11-17)31-2)22(29)27-23-25-12-19-20(26-23)9-14(10-21(19)28)13-3-5-16(24)6-4-13/h3-8,11-12,14H,9-10H2,1-2H3,(H,25,26,27,29). The van der Waals surface area contributed by atoms with Crippen molar-refractivity contribution >= 4 is 29.2 Å². The van der Waals surface area contributed by atoms with Crippen LogP contribution in [0.2, 0.25) is 5.02 Å². The van der Waals surface area contributed by atoms with Crippen LogP contribution in [0.25, 0.3) is 0 Å². The fourth-order valence-corrected chi connectivity index (χ4v) is 3.71. The fourth-order valence-electron chi connectivity index (χ4n) is 3.59. The molecule has 1 heterocycles. The van der Waals surface area contributed by atoms with Crippen LogP contribution in [0.3, 0.4) is 0 Å². The summed E-state index contributed by atoms with van der Waals surface area (Å²) in [4.78, 5) is 33.9. The van der Waals surface area contributed by atoms with Crippen molar-refractivity contribution in [1.29, 1.82) is 0 Å². The zero-order valence-electron chi connectivity index (χ0n) is 17.0. The van der Waals surface area contributed by atoms with E-state index in [0.717, 1.165) is 5.56 Å². The van der Waals surface area contributed by atoms with Gasteiger partial charge in [-0.25, -0.2) is 9.97 Å². The van der Waals surface area contributed by atoms with E-state index in [4.69, 9.17) is 21.1 Å². The molecule has 7 nitrogen and oxygen atoms in total. The van der Waals surface area contributed by atoms with Crippen LogP contribution in [0.5, 0.6) is 11.5 Å². The minimum Gasteiger partial charge on any atom is -0.497 e. The SMILES string of the molecule is COc1cc(OC)cc(C(=O)Nc2ncc3c(n2)CC(c2ccc(Cl)cc2)CC3=O)c1. The molecule has 3 aromatic rings. The average Bonchev–Trinajstić information content (AvgIpc) is 2.78. The first-order chi connectivity index (χ1) is 15.0. The lowest BCUT2D eigenvalue weighted by Crippen LogP contribution is -2.22. The number of anilines is 1. The van der Waals surface area contributed by atoms with E-state index in [-0.39, 0.29) is 17.6 Å². The Balaban J connectivity index is 1.57. The molecule has 0 fully saturated rings. The van der Waals surface area contributed by atoms with Crippen LogP contribution in [0.4, 0.5) is 5.95 Å². The van der Waals surface area contributed by atoms with Gasteiger partial charge in [0, 0.05) is 29.3 Å². The molecule has 1 aliphatic rings. The molecule has 2 aromatic carbocycles. The van der Waals surface area contributed by atoms with Gasteiger partial charge in [0.2, 0.25) is 5.95 Å². The van der Waals surface area contributed by atoms with Crippen molar-refractivity contribution in [3.63, 3.8) is 0 Å². The Morgan fingerprint density at radius 2 is 1.74 bits per heavy atom. The van der Waals surface area contributed by atoms with Gasteiger partial charge in [0.15, 0.2) is 5.78 Å². The summed E-state index contributed by atoms with van der Waals surface area (Å²) in [6.45, 7) is 0. The number of ether oxygens (including phenoxy) is 2. The highest BCUT2D eigenvalue weighted by Gasteiger charge is 2.28. The van der Waals surface area contributed by atoms with Gasteiger partial charge in [-0.15, -0.1) is 0 Å². The first-order valence-corrected chi connectivity index (χ1v) is 10.0. The summed E-state index contributed by atoms with van der Waals surface area (Å²) in [5, 5.41) is 3.33. The molecular weight excluding hydrogens is 418 g/mol. The first kappa shape index (κ1) is 20.8. The van der Waals surface area contributed by atoms with Crippen LogP contribution in [-0.4, -0.2) is 35.9 Å². The first-order valence-electron chi connectivity index (χ1n) is 9.66. The molecule has 0 bridgehead atoms. The molecule has 1 aromatic heterocycles. The number of nitrogens with zero attached hydrogens (tertiary/aromatic N) is 2. The van der Waals surface area contributed by atoms with Crippen molar-refractivity contribution in [2.24, 2.45) is 0 Å². The van der Waals surface area contributed by atoms with Crippen LogP contribution in [0.1, 0.15) is 44.3 Å². The number of aromatic nitrogens is 2. The van der Waals surface area contributed by atoms with Crippen LogP contribution >= 0.6 is 11.6 Å². The monoisotopic (exact) mass is 437 g/mol. The average molecular weight is 438 g/mol. The summed E-state index contributed by atoms with van der Waals surface area (Å²) in [6.07, 6.45) is 2.43. The van der Waals surface area contributed by atoms with E-state index in [9.17, 15) is 9.59 Å². The summed E-state index contributed by atoms with van der Waals surface area (Å²) in [7, 11) is 3.02. The van der Waals surface area contributed by atoms with E-state index in [1.54, 1.807) is 18.2 Å². The summed E-state index contributed by atoms with van der Waals surface area (Å²) in [5.41, 5.74) is 2.47. The van der Waals surface area contributed by atoms with Gasteiger partial charge >= 0.3 is 0 Å². The van der Waals surface area contributed by atoms with Crippen molar-refractivity contribution in [3.05, 3.63) is 76.1 Å². The third-order valence-corrected chi connectivity index (χ3v) is 5.47. The van der Waals surface area contributed by atoms with Crippen LogP contribution in [-0.2, 0) is 6.42 Å². The summed E-state index contributed by atoms with van der Waals surface area (Å²) in [5.74, 6) is 0.693. The maximum Gasteiger partial charge on any atom is 0.258 e. The Morgan fingerprint density at radius 1 is 1.06 bits per heavy atom. The van der Waals surface area contributed by atoms with Crippen LogP contribution < -0.4 is 14.8 Å². The molecule has 0 saturated heterocycles. The maximum atomic E-state index is 12.7. The topological polar surface area (TPSA) is 90.4 Å². The number of carbonyl (C=O) groups excluding carboxylic acids is 2. The second kappa shape index (κ2) is 8.73. The van der Waals surface area contributed by atoms with Gasteiger partial charge in [0.1, 0.15) is 11.5 Å². The van der Waals surface area contributed by atoms with Gasteiger partial charge in [-0.3, -0.25) is 14.9 Å². The number of ketones is 1. The number of nitrogens with one attached hydrogen (secondary N) is 1. The molecule has 1 N–H and O–H groups in total. The highest BCUT2D eigenvalue weighted by Crippen LogP contribution is 2.32. The van der Waals surface area contributed by atoms with Crippen molar-refractivity contribution in [3.8, 4) is 11.5 Å². The van der Waals surface area contributed by atoms with Gasteiger partial charge in [0.05, 0.1) is 25.5 Å². The van der Waals surface area contributed by atoms with Crippen molar-refractivity contribution in [2.45, 2.75) is 18.8 Å². The lowest BCUT2D eigenvalue weighted by Gasteiger charge is -2.23. The third-order valence-electron chi connectivity index (χ3n) is 5.22. The number of hydrogen-bond acceptors (Lipinski definition) is 6. The van der Waals surface area contributed by atoms with Crippen molar-refractivity contribution in [1.82, 2.24) is 9.97 Å². The van der Waals surface area contributed by atoms with Gasteiger partial charge in [-0.1, -0.05) is 23.7 Å². The Bertz CT molecular complexity index is 1130. The second-order valence-corrected chi connectivity index (χ2v) is 7.63. The van der Waals surface area contributed by atoms with E-state index in [1.807, 2.05) is 24.3 Å². The fraction of sp³-hybridized carbons (Fsp3) is 0.217. The molecule has 0 spiro atoms. The van der Waals surface area contributed by atoms with E-state index >= 15 is 0 Å². The van der Waals surface area contributed by atoms with Gasteiger partial charge in [-0.2, -0.15) is 0 Å². The number of carbonyl (C=O) groups is 2. The van der Waals surface area contributed by atoms with Gasteiger partial charge in [-0.05, 0) is 42.2 Å². The Kier molecular flexibility index (Phi) is 5.86. The van der Waals surface area contributed by atoms with Gasteiger partial charge in [0.25, 0.3) is 5.91 Å². The van der Waals surface area contributed by atoms with Crippen LogP contribution in [0.15, 0.2) is 48.7 Å². The number of Topliss-reactive ketones (excluding diaryl/α,β-unsaturated/α-hetero) is 1. The minimum atomic E-state index is -0.409. The zero-order valence-corrected chi connectivity index (χ0v) is 17.8. The zero-order chi connectivity index (χ0) is 22.0. The molecule has 4 rings (SSSR count). The maximum absolute atomic E-state index is 12.7. The van der Waals surface area contributed by atoms with Crippen LogP contribution in [0, 0.1) is 0 Å². The molecule has 1 aliphatic carbocycles. The molecule has 0 saturated carbocycles.